The number of aromatic nitrogens is 3. The molecule has 2 heterocycles. The number of ether oxygens (including phenoxy) is 1. The van der Waals surface area contributed by atoms with Crippen LogP contribution in [0.2, 0.25) is 0 Å². The molecular formula is C16H21N3O3. The van der Waals surface area contributed by atoms with Crippen LogP contribution < -0.4 is 5.69 Å². The van der Waals surface area contributed by atoms with Crippen molar-refractivity contribution in [2.24, 2.45) is 0 Å². The molecule has 22 heavy (non-hydrogen) atoms. The van der Waals surface area contributed by atoms with Crippen LogP contribution in [0.3, 0.4) is 0 Å². The minimum absolute atomic E-state index is 0.103. The van der Waals surface area contributed by atoms with Gasteiger partial charge in [0.1, 0.15) is 6.10 Å². The number of hydrogen-bond acceptors (Lipinski definition) is 4. The predicted molar refractivity (Wildman–Crippen MR) is 81.7 cm³/mol. The summed E-state index contributed by atoms with van der Waals surface area (Å²) in [5.74, 6) is 0.864. The van der Waals surface area contributed by atoms with Crippen LogP contribution in [-0.4, -0.2) is 32.7 Å². The monoisotopic (exact) mass is 303 g/mol. The zero-order chi connectivity index (χ0) is 15.5. The van der Waals surface area contributed by atoms with Crippen LogP contribution in [-0.2, 0) is 17.8 Å². The van der Waals surface area contributed by atoms with Gasteiger partial charge in [-0.1, -0.05) is 30.3 Å². The molecule has 0 spiro atoms. The minimum Gasteiger partial charge on any atom is -0.394 e. The molecule has 3 rings (SSSR count). The molecule has 1 aliphatic rings. The molecule has 0 bridgehead atoms. The van der Waals surface area contributed by atoms with E-state index in [2.05, 4.69) is 17.2 Å². The molecule has 1 aromatic heterocycles. The highest BCUT2D eigenvalue weighted by Gasteiger charge is 2.35. The van der Waals surface area contributed by atoms with E-state index in [0.29, 0.717) is 19.0 Å². The molecule has 1 aliphatic heterocycles. The van der Waals surface area contributed by atoms with E-state index in [-0.39, 0.29) is 30.9 Å². The van der Waals surface area contributed by atoms with E-state index >= 15 is 0 Å². The SMILES string of the molecule is CCn1c([C@H]2OCC[C@H]2c2ccccc2)nn(CCO)c1=O. The first-order valence-corrected chi connectivity index (χ1v) is 7.71. The lowest BCUT2D eigenvalue weighted by atomic mass is 9.92. The zero-order valence-electron chi connectivity index (χ0n) is 12.7. The Labute approximate surface area is 129 Å². The highest BCUT2D eigenvalue weighted by Crippen LogP contribution is 2.40. The van der Waals surface area contributed by atoms with Gasteiger partial charge in [-0.3, -0.25) is 4.57 Å². The normalized spacial score (nSPS) is 21.4. The van der Waals surface area contributed by atoms with Crippen molar-refractivity contribution in [1.29, 1.82) is 0 Å². The molecule has 0 radical (unpaired) electrons. The number of hydrogen-bond donors (Lipinski definition) is 1. The Kier molecular flexibility index (Phi) is 4.40. The summed E-state index contributed by atoms with van der Waals surface area (Å²) in [4.78, 5) is 12.3. The lowest BCUT2D eigenvalue weighted by Gasteiger charge is -2.18. The minimum atomic E-state index is -0.213. The van der Waals surface area contributed by atoms with Crippen LogP contribution in [0, 0.1) is 0 Å². The topological polar surface area (TPSA) is 69.3 Å². The van der Waals surface area contributed by atoms with Crippen molar-refractivity contribution in [3.8, 4) is 0 Å². The van der Waals surface area contributed by atoms with E-state index in [1.165, 1.54) is 10.2 Å². The molecule has 118 valence electrons. The Balaban J connectivity index is 1.99. The van der Waals surface area contributed by atoms with Gasteiger partial charge in [0.2, 0.25) is 0 Å². The van der Waals surface area contributed by atoms with E-state index in [1.807, 2.05) is 25.1 Å². The standard InChI is InChI=1S/C16H21N3O3/c1-2-18-15(17-19(9-10-20)16(18)21)14-13(8-11-22-14)12-6-4-3-5-7-12/h3-7,13-14,20H,2,8-11H2,1H3/t13-,14-/m0/s1. The van der Waals surface area contributed by atoms with Gasteiger partial charge in [0.25, 0.3) is 0 Å². The fourth-order valence-electron chi connectivity index (χ4n) is 3.09. The van der Waals surface area contributed by atoms with Crippen LogP contribution in [0.5, 0.6) is 0 Å². The van der Waals surface area contributed by atoms with Gasteiger partial charge in [0.15, 0.2) is 5.82 Å². The van der Waals surface area contributed by atoms with E-state index in [0.717, 1.165) is 6.42 Å². The summed E-state index contributed by atoms with van der Waals surface area (Å²) >= 11 is 0. The number of aliphatic hydroxyl groups excluding tert-OH is 1. The number of benzene rings is 1. The van der Waals surface area contributed by atoms with Crippen molar-refractivity contribution in [3.05, 3.63) is 52.2 Å². The van der Waals surface area contributed by atoms with Gasteiger partial charge >= 0.3 is 5.69 Å². The summed E-state index contributed by atoms with van der Waals surface area (Å²) in [7, 11) is 0. The maximum atomic E-state index is 12.3. The van der Waals surface area contributed by atoms with Crippen LogP contribution >= 0.6 is 0 Å². The molecule has 1 aromatic carbocycles. The molecule has 6 nitrogen and oxygen atoms in total. The van der Waals surface area contributed by atoms with Crippen LogP contribution in [0.1, 0.15) is 36.8 Å². The van der Waals surface area contributed by atoms with E-state index in [4.69, 9.17) is 9.84 Å². The largest absolute Gasteiger partial charge is 0.394 e. The summed E-state index contributed by atoms with van der Waals surface area (Å²) < 4.78 is 8.86. The maximum absolute atomic E-state index is 12.3. The number of rotatable bonds is 5. The first-order chi connectivity index (χ1) is 10.8. The van der Waals surface area contributed by atoms with Crippen molar-refractivity contribution < 1.29 is 9.84 Å². The van der Waals surface area contributed by atoms with Crippen molar-refractivity contribution in [2.45, 2.75) is 38.5 Å². The smallest absolute Gasteiger partial charge is 0.346 e. The molecule has 1 N–H and O–H groups in total. The van der Waals surface area contributed by atoms with E-state index in [1.54, 1.807) is 4.57 Å². The molecule has 2 aromatic rings. The first kappa shape index (κ1) is 15.0. The highest BCUT2D eigenvalue weighted by atomic mass is 16.5. The summed E-state index contributed by atoms with van der Waals surface area (Å²) in [5.41, 5.74) is 1.02. The Morgan fingerprint density at radius 2 is 2.14 bits per heavy atom. The maximum Gasteiger partial charge on any atom is 0.346 e. The zero-order valence-corrected chi connectivity index (χ0v) is 12.7. The second kappa shape index (κ2) is 6.46. The van der Waals surface area contributed by atoms with Gasteiger partial charge in [0, 0.05) is 19.1 Å². The first-order valence-electron chi connectivity index (χ1n) is 7.71. The molecular weight excluding hydrogens is 282 g/mol. The van der Waals surface area contributed by atoms with Gasteiger partial charge in [-0.2, -0.15) is 5.10 Å². The van der Waals surface area contributed by atoms with Gasteiger partial charge < -0.3 is 9.84 Å². The summed E-state index contributed by atoms with van der Waals surface area (Å²) in [6.07, 6.45) is 0.703. The average molecular weight is 303 g/mol. The van der Waals surface area contributed by atoms with Gasteiger partial charge in [-0.25, -0.2) is 9.48 Å². The third-order valence-electron chi connectivity index (χ3n) is 4.15. The molecule has 1 saturated heterocycles. The molecule has 0 aliphatic carbocycles. The number of nitrogens with zero attached hydrogens (tertiary/aromatic N) is 3. The van der Waals surface area contributed by atoms with E-state index < -0.39 is 0 Å². The summed E-state index contributed by atoms with van der Waals surface area (Å²) in [5, 5.41) is 13.5. The fourth-order valence-corrected chi connectivity index (χ4v) is 3.09. The van der Waals surface area contributed by atoms with Gasteiger partial charge in [-0.05, 0) is 18.9 Å². The molecule has 0 unspecified atom stereocenters. The van der Waals surface area contributed by atoms with Crippen LogP contribution in [0.15, 0.2) is 35.1 Å². The highest BCUT2D eigenvalue weighted by molar-refractivity contribution is 5.23. The molecule has 0 saturated carbocycles. The molecule has 2 atom stereocenters. The Morgan fingerprint density at radius 3 is 2.82 bits per heavy atom. The molecule has 6 heteroatoms. The second-order valence-electron chi connectivity index (χ2n) is 5.43. The Morgan fingerprint density at radius 1 is 1.36 bits per heavy atom. The van der Waals surface area contributed by atoms with Crippen molar-refractivity contribution >= 4 is 0 Å². The van der Waals surface area contributed by atoms with Gasteiger partial charge in [-0.15, -0.1) is 0 Å². The lowest BCUT2D eigenvalue weighted by Crippen LogP contribution is -2.26. The second-order valence-corrected chi connectivity index (χ2v) is 5.43. The summed E-state index contributed by atoms with van der Waals surface area (Å²) in [6, 6.07) is 10.2. The van der Waals surface area contributed by atoms with Gasteiger partial charge in [0.05, 0.1) is 13.2 Å². The number of aliphatic hydroxyl groups is 1. The van der Waals surface area contributed by atoms with Crippen molar-refractivity contribution in [3.63, 3.8) is 0 Å². The molecule has 1 fully saturated rings. The predicted octanol–water partition coefficient (Wildman–Crippen LogP) is 1.30. The third kappa shape index (κ3) is 2.60. The Hall–Kier alpha value is -1.92. The van der Waals surface area contributed by atoms with E-state index in [9.17, 15) is 4.79 Å². The van der Waals surface area contributed by atoms with Crippen LogP contribution in [0.4, 0.5) is 0 Å². The Bertz CT molecular complexity index is 678. The quantitative estimate of drug-likeness (QED) is 0.904. The molecule has 0 amide bonds. The van der Waals surface area contributed by atoms with Crippen molar-refractivity contribution in [1.82, 2.24) is 14.3 Å². The summed E-state index contributed by atoms with van der Waals surface area (Å²) in [6.45, 7) is 3.23. The van der Waals surface area contributed by atoms with Crippen molar-refractivity contribution in [2.75, 3.05) is 13.2 Å². The fraction of sp³-hybridized carbons (Fsp3) is 0.500. The lowest BCUT2D eigenvalue weighted by molar-refractivity contribution is 0.0932. The third-order valence-corrected chi connectivity index (χ3v) is 4.15. The average Bonchev–Trinajstić information content (AvgIpc) is 3.14. The van der Waals surface area contributed by atoms with Crippen LogP contribution in [0.25, 0.3) is 0 Å².